The lowest BCUT2D eigenvalue weighted by molar-refractivity contribution is -0.140. The number of carbonyl (C=O) groups is 1. The van der Waals surface area contributed by atoms with Crippen LogP contribution in [-0.4, -0.2) is 25.9 Å². The van der Waals surface area contributed by atoms with Gasteiger partial charge >= 0.3 is 6.18 Å². The monoisotopic (exact) mass is 301 g/mol. The minimum atomic E-state index is -4.62. The predicted octanol–water partition coefficient (Wildman–Crippen LogP) is 2.27. The van der Waals surface area contributed by atoms with Gasteiger partial charge < -0.3 is 5.32 Å². The van der Waals surface area contributed by atoms with E-state index in [1.165, 1.54) is 6.92 Å². The summed E-state index contributed by atoms with van der Waals surface area (Å²) in [7, 11) is 0. The van der Waals surface area contributed by atoms with Crippen molar-refractivity contribution >= 4 is 11.6 Å². The number of carbonyl (C=O) groups excluding carboxylic acids is 1. The first-order valence-corrected chi connectivity index (χ1v) is 6.19. The first kappa shape index (κ1) is 15.1. The van der Waals surface area contributed by atoms with Crippen LogP contribution in [0.2, 0.25) is 0 Å². The van der Waals surface area contributed by atoms with E-state index in [0.717, 1.165) is 5.69 Å². The molecule has 0 saturated heterocycles. The second-order valence-corrected chi connectivity index (χ2v) is 4.56. The number of amides is 1. The molecule has 0 aliphatic heterocycles. The average molecular weight is 301 g/mol. The lowest BCUT2D eigenvalue weighted by Gasteiger charge is -2.09. The van der Waals surface area contributed by atoms with Crippen molar-refractivity contribution in [3.8, 4) is 0 Å². The highest BCUT2D eigenvalue weighted by Crippen LogP contribution is 2.34. The zero-order valence-corrected chi connectivity index (χ0v) is 11.5. The Morgan fingerprint density at radius 3 is 2.71 bits per heavy atom. The van der Waals surface area contributed by atoms with E-state index in [1.54, 1.807) is 16.9 Å². The van der Waals surface area contributed by atoms with Gasteiger partial charge in [-0.25, -0.2) is 0 Å². The molecular formula is C12H14F3N5O. The number of anilines is 1. The fourth-order valence-electron chi connectivity index (χ4n) is 1.83. The van der Waals surface area contributed by atoms with Crippen molar-refractivity contribution in [2.24, 2.45) is 0 Å². The van der Waals surface area contributed by atoms with Crippen LogP contribution in [0, 0.1) is 13.8 Å². The summed E-state index contributed by atoms with van der Waals surface area (Å²) in [5.41, 5.74) is -0.419. The van der Waals surface area contributed by atoms with Crippen LogP contribution in [0.3, 0.4) is 0 Å². The maximum absolute atomic E-state index is 12.7. The lowest BCUT2D eigenvalue weighted by Crippen LogP contribution is -2.18. The lowest BCUT2D eigenvalue weighted by atomic mass is 10.2. The molecule has 0 aliphatic rings. The Morgan fingerprint density at radius 2 is 2.14 bits per heavy atom. The largest absolute Gasteiger partial charge is 0.437 e. The highest BCUT2D eigenvalue weighted by atomic mass is 19.4. The van der Waals surface area contributed by atoms with Crippen LogP contribution < -0.4 is 5.32 Å². The Morgan fingerprint density at radius 1 is 1.43 bits per heavy atom. The fraction of sp³-hybridized carbons (Fsp3) is 0.417. The van der Waals surface area contributed by atoms with Crippen molar-refractivity contribution < 1.29 is 18.0 Å². The summed E-state index contributed by atoms with van der Waals surface area (Å²) in [6.07, 6.45) is -3.01. The van der Waals surface area contributed by atoms with E-state index in [4.69, 9.17) is 0 Å². The maximum atomic E-state index is 12.7. The van der Waals surface area contributed by atoms with Crippen LogP contribution in [-0.2, 0) is 17.5 Å². The van der Waals surface area contributed by atoms with Gasteiger partial charge in [0.2, 0.25) is 5.91 Å². The number of nitrogens with one attached hydrogen (secondary N) is 2. The summed E-state index contributed by atoms with van der Waals surface area (Å²) in [6, 6.07) is 1.78. The minimum Gasteiger partial charge on any atom is -0.323 e. The standard InChI is InChI=1S/C12H14F3N5O/c1-7-3-5-16-20(7)6-4-9(21)17-10-8(2)18-19-11(10)12(13,14)15/h3,5H,4,6H2,1-2H3,(H,17,21)(H,18,19). The topological polar surface area (TPSA) is 75.6 Å². The Balaban J connectivity index is 2.03. The number of halogens is 3. The molecule has 0 bridgehead atoms. The molecule has 0 aliphatic carbocycles. The summed E-state index contributed by atoms with van der Waals surface area (Å²) in [4.78, 5) is 11.8. The first-order valence-electron chi connectivity index (χ1n) is 6.19. The predicted molar refractivity (Wildman–Crippen MR) is 68.5 cm³/mol. The van der Waals surface area contributed by atoms with Gasteiger partial charge in [-0.3, -0.25) is 14.6 Å². The molecule has 2 aromatic heterocycles. The zero-order valence-electron chi connectivity index (χ0n) is 11.5. The van der Waals surface area contributed by atoms with Gasteiger partial charge in [-0.1, -0.05) is 0 Å². The Bertz CT molecular complexity index is 644. The van der Waals surface area contributed by atoms with Gasteiger partial charge in [-0.15, -0.1) is 0 Å². The average Bonchev–Trinajstić information content (AvgIpc) is 2.94. The van der Waals surface area contributed by atoms with Crippen molar-refractivity contribution in [3.05, 3.63) is 29.3 Å². The summed E-state index contributed by atoms with van der Waals surface area (Å²) < 4.78 is 39.8. The molecule has 114 valence electrons. The normalized spacial score (nSPS) is 11.7. The zero-order chi connectivity index (χ0) is 15.6. The SMILES string of the molecule is Cc1[nH]nc(C(F)(F)F)c1NC(=O)CCn1nccc1C. The molecule has 0 saturated carbocycles. The van der Waals surface area contributed by atoms with Gasteiger partial charge in [-0.2, -0.15) is 23.4 Å². The number of nitrogens with zero attached hydrogens (tertiary/aromatic N) is 3. The second-order valence-electron chi connectivity index (χ2n) is 4.56. The summed E-state index contributed by atoms with van der Waals surface area (Å²) in [5.74, 6) is -0.528. The Hall–Kier alpha value is -2.32. The third-order valence-electron chi connectivity index (χ3n) is 2.96. The van der Waals surface area contributed by atoms with Crippen LogP contribution in [0.1, 0.15) is 23.5 Å². The number of rotatable bonds is 4. The molecule has 0 radical (unpaired) electrons. The molecule has 2 aromatic rings. The summed E-state index contributed by atoms with van der Waals surface area (Å²) in [5, 5.41) is 11.7. The molecule has 0 atom stereocenters. The van der Waals surface area contributed by atoms with E-state index >= 15 is 0 Å². The molecule has 21 heavy (non-hydrogen) atoms. The number of aromatic nitrogens is 4. The van der Waals surface area contributed by atoms with Crippen molar-refractivity contribution in [2.45, 2.75) is 33.0 Å². The van der Waals surface area contributed by atoms with Crippen LogP contribution in [0.25, 0.3) is 0 Å². The van der Waals surface area contributed by atoms with E-state index in [1.807, 2.05) is 6.92 Å². The number of H-pyrrole nitrogens is 1. The van der Waals surface area contributed by atoms with Crippen molar-refractivity contribution in [1.82, 2.24) is 20.0 Å². The number of aromatic amines is 1. The first-order chi connectivity index (χ1) is 9.79. The van der Waals surface area contributed by atoms with Crippen LogP contribution >= 0.6 is 0 Å². The van der Waals surface area contributed by atoms with Crippen molar-refractivity contribution in [3.63, 3.8) is 0 Å². The van der Waals surface area contributed by atoms with E-state index in [-0.39, 0.29) is 17.8 Å². The molecule has 0 fully saturated rings. The van der Waals surface area contributed by atoms with Crippen LogP contribution in [0.15, 0.2) is 12.3 Å². The molecule has 2 rings (SSSR count). The van der Waals surface area contributed by atoms with Crippen molar-refractivity contribution in [1.29, 1.82) is 0 Å². The molecular weight excluding hydrogens is 287 g/mol. The number of aryl methyl sites for hydroxylation is 3. The molecule has 2 heterocycles. The summed E-state index contributed by atoms with van der Waals surface area (Å²) >= 11 is 0. The molecule has 0 spiro atoms. The van der Waals surface area contributed by atoms with Gasteiger partial charge in [0, 0.05) is 24.9 Å². The van der Waals surface area contributed by atoms with E-state index in [0.29, 0.717) is 6.54 Å². The van der Waals surface area contributed by atoms with Gasteiger partial charge in [0.1, 0.15) is 0 Å². The maximum Gasteiger partial charge on any atom is 0.437 e. The molecule has 9 heteroatoms. The number of hydrogen-bond donors (Lipinski definition) is 2. The van der Waals surface area contributed by atoms with Crippen LogP contribution in [0.4, 0.5) is 18.9 Å². The molecule has 6 nitrogen and oxygen atoms in total. The molecule has 1 amide bonds. The van der Waals surface area contributed by atoms with E-state index in [2.05, 4.69) is 20.6 Å². The minimum absolute atomic E-state index is 0.0183. The number of hydrogen-bond acceptors (Lipinski definition) is 3. The highest BCUT2D eigenvalue weighted by molar-refractivity contribution is 5.91. The highest BCUT2D eigenvalue weighted by Gasteiger charge is 2.38. The van der Waals surface area contributed by atoms with Gasteiger partial charge in [0.25, 0.3) is 0 Å². The van der Waals surface area contributed by atoms with Gasteiger partial charge in [-0.05, 0) is 19.9 Å². The Kier molecular flexibility index (Phi) is 4.01. The third-order valence-corrected chi connectivity index (χ3v) is 2.96. The van der Waals surface area contributed by atoms with E-state index in [9.17, 15) is 18.0 Å². The smallest absolute Gasteiger partial charge is 0.323 e. The number of alkyl halides is 3. The molecule has 0 unspecified atom stereocenters. The van der Waals surface area contributed by atoms with Gasteiger partial charge in [0.15, 0.2) is 5.69 Å². The van der Waals surface area contributed by atoms with E-state index < -0.39 is 17.8 Å². The van der Waals surface area contributed by atoms with Crippen LogP contribution in [0.5, 0.6) is 0 Å². The second kappa shape index (κ2) is 5.58. The quantitative estimate of drug-likeness (QED) is 0.909. The third kappa shape index (κ3) is 3.41. The Labute approximate surface area is 118 Å². The molecule has 2 N–H and O–H groups in total. The van der Waals surface area contributed by atoms with Crippen molar-refractivity contribution in [2.75, 3.05) is 5.32 Å². The molecule has 0 aromatic carbocycles. The fourth-order valence-corrected chi connectivity index (χ4v) is 1.83. The summed E-state index contributed by atoms with van der Waals surface area (Å²) in [6.45, 7) is 3.53. The van der Waals surface area contributed by atoms with Gasteiger partial charge in [0.05, 0.1) is 11.4 Å².